The molecule has 9 rings (SSSR count). The average molecular weight is 971 g/mol. The monoisotopic (exact) mass is 970 g/mol. The maximum atomic E-state index is 17.7. The van der Waals surface area contributed by atoms with Crippen LogP contribution in [-0.4, -0.2) is 9.13 Å². The maximum Gasteiger partial charge on any atom is 0.420 e. The van der Waals surface area contributed by atoms with Gasteiger partial charge >= 0.3 is 12.4 Å². The summed E-state index contributed by atoms with van der Waals surface area (Å²) in [5.41, 5.74) is -4.56. The van der Waals surface area contributed by atoms with Crippen LogP contribution in [-0.2, 0) is 34.0 Å². The van der Waals surface area contributed by atoms with Crippen LogP contribution in [0.3, 0.4) is 0 Å². The Bertz CT molecular complexity index is 3400. The Labute approximate surface area is 416 Å². The number of halogens is 6. The van der Waals surface area contributed by atoms with Gasteiger partial charge in [0, 0.05) is 43.8 Å². The van der Waals surface area contributed by atoms with Crippen LogP contribution >= 0.6 is 0 Å². The summed E-state index contributed by atoms with van der Waals surface area (Å²) < 4.78 is 108. The smallest absolute Gasteiger partial charge is 0.308 e. The standard InChI is InChI=1S/C62H56F6N4/c1-57(2,3)37-21-25-47-43(29-37)44-30-38(58(4,5)6)22-26-48(44)71(47)55-51(41-19-15-13-17-35(41)33-69)53(61(63,64)65)52(42-20-16-14-18-36(42)34-70)56(54(55)62(66,67)68)72-49-27-23-39(59(7,8)9)31-45(49)46-32-40(60(10,11)12)24-28-50(46)72/h13-32H,1-12H3. The van der Waals surface area contributed by atoms with E-state index in [2.05, 4.69) is 0 Å². The number of rotatable bonds is 4. The molecule has 0 spiro atoms. The molecule has 72 heavy (non-hydrogen) atoms. The van der Waals surface area contributed by atoms with Gasteiger partial charge in [0.25, 0.3) is 0 Å². The molecule has 0 N–H and O–H groups in total. The van der Waals surface area contributed by atoms with E-state index >= 15 is 26.3 Å². The van der Waals surface area contributed by atoms with Crippen molar-refractivity contribution in [1.82, 2.24) is 9.13 Å². The minimum absolute atomic E-state index is 0.237. The van der Waals surface area contributed by atoms with Gasteiger partial charge in [-0.2, -0.15) is 36.9 Å². The molecule has 0 saturated carbocycles. The van der Waals surface area contributed by atoms with Crippen molar-refractivity contribution < 1.29 is 26.3 Å². The van der Waals surface area contributed by atoms with E-state index in [9.17, 15) is 10.5 Å². The lowest BCUT2D eigenvalue weighted by atomic mass is 9.82. The van der Waals surface area contributed by atoms with Gasteiger partial charge in [-0.05, 0) is 105 Å². The molecule has 0 fully saturated rings. The van der Waals surface area contributed by atoms with E-state index in [1.807, 2.05) is 144 Å². The predicted octanol–water partition coefficient (Wildman–Crippen LogP) is 18.2. The fraction of sp³-hybridized carbons (Fsp3) is 0.290. The predicted molar refractivity (Wildman–Crippen MR) is 280 cm³/mol. The maximum absolute atomic E-state index is 17.7. The highest BCUT2D eigenvalue weighted by atomic mass is 19.4. The second kappa shape index (κ2) is 16.6. The summed E-state index contributed by atoms with van der Waals surface area (Å²) in [6, 6.07) is 36.7. The van der Waals surface area contributed by atoms with E-state index in [-0.39, 0.29) is 44.3 Å². The van der Waals surface area contributed by atoms with Crippen LogP contribution in [0.15, 0.2) is 121 Å². The second-order valence-electron chi connectivity index (χ2n) is 23.1. The summed E-state index contributed by atoms with van der Waals surface area (Å²) in [7, 11) is 0. The van der Waals surface area contributed by atoms with Gasteiger partial charge < -0.3 is 9.13 Å². The Hall–Kier alpha value is -7.30. The molecule has 0 radical (unpaired) electrons. The first kappa shape index (κ1) is 49.7. The molecule has 2 heterocycles. The van der Waals surface area contributed by atoms with E-state index in [4.69, 9.17) is 0 Å². The average Bonchev–Trinajstić information content (AvgIpc) is 3.80. The lowest BCUT2D eigenvalue weighted by molar-refractivity contribution is -0.140. The zero-order valence-corrected chi connectivity index (χ0v) is 42.6. The van der Waals surface area contributed by atoms with Crippen molar-refractivity contribution in [3.8, 4) is 45.8 Å². The van der Waals surface area contributed by atoms with Gasteiger partial charge in [0.1, 0.15) is 5.56 Å². The molecule has 10 heteroatoms. The number of aromatic nitrogens is 2. The minimum atomic E-state index is -5.40. The van der Waals surface area contributed by atoms with Crippen LogP contribution in [0.25, 0.3) is 77.2 Å². The molecule has 7 aromatic carbocycles. The van der Waals surface area contributed by atoms with Gasteiger partial charge in [0.2, 0.25) is 0 Å². The third-order valence-corrected chi connectivity index (χ3v) is 14.1. The molecule has 0 amide bonds. The molecular weight excluding hydrogens is 915 g/mol. The van der Waals surface area contributed by atoms with Gasteiger partial charge in [-0.15, -0.1) is 0 Å². The number of benzene rings is 7. The van der Waals surface area contributed by atoms with E-state index < -0.39 is 67.6 Å². The SMILES string of the molecule is CC(C)(C)c1ccc2c(c1)c1cc(C(C)(C)C)ccc1n2-c1c(-c2ccccc2C#N)c(C(F)(F)F)c(-c2ccccc2C#N)c(-n2c3ccc(C(C)(C)C)cc3c3cc(C(C)(C)C)ccc32)c1C(F)(F)F. The van der Waals surface area contributed by atoms with Crippen LogP contribution in [0.5, 0.6) is 0 Å². The van der Waals surface area contributed by atoms with E-state index in [1.54, 1.807) is 24.3 Å². The molecule has 0 unspecified atom stereocenters. The highest BCUT2D eigenvalue weighted by Gasteiger charge is 2.49. The molecular formula is C62H56F6N4. The third-order valence-electron chi connectivity index (χ3n) is 14.1. The van der Waals surface area contributed by atoms with Crippen LogP contribution in [0.2, 0.25) is 0 Å². The van der Waals surface area contributed by atoms with Gasteiger partial charge in [-0.1, -0.05) is 144 Å². The van der Waals surface area contributed by atoms with Crippen LogP contribution in [0.1, 0.15) is 128 Å². The first-order chi connectivity index (χ1) is 33.5. The van der Waals surface area contributed by atoms with E-state index in [1.165, 1.54) is 57.7 Å². The van der Waals surface area contributed by atoms with Crippen LogP contribution < -0.4 is 0 Å². The van der Waals surface area contributed by atoms with Crippen molar-refractivity contribution in [2.45, 2.75) is 117 Å². The highest BCUT2D eigenvalue weighted by Crippen LogP contribution is 2.57. The number of alkyl halides is 6. The Morgan fingerprint density at radius 3 is 0.861 bits per heavy atom. The quantitative estimate of drug-likeness (QED) is 0.165. The molecule has 4 nitrogen and oxygen atoms in total. The van der Waals surface area contributed by atoms with Crippen LogP contribution in [0, 0.1) is 22.7 Å². The van der Waals surface area contributed by atoms with Gasteiger partial charge in [-0.25, -0.2) is 0 Å². The number of nitriles is 2. The van der Waals surface area contributed by atoms with Crippen molar-refractivity contribution in [3.05, 3.63) is 166 Å². The molecule has 2 aromatic heterocycles. The fourth-order valence-electron chi connectivity index (χ4n) is 10.2. The normalized spacial score (nSPS) is 13.1. The molecule has 0 aliphatic carbocycles. The van der Waals surface area contributed by atoms with Gasteiger partial charge in [0.05, 0.1) is 62.3 Å². The number of hydrogen-bond acceptors (Lipinski definition) is 2. The molecule has 0 aliphatic heterocycles. The van der Waals surface area contributed by atoms with Crippen molar-refractivity contribution in [2.75, 3.05) is 0 Å². The summed E-state index contributed by atoms with van der Waals surface area (Å²) in [5, 5.41) is 23.7. The first-order valence-corrected chi connectivity index (χ1v) is 24.0. The summed E-state index contributed by atoms with van der Waals surface area (Å²) in [6.07, 6.45) is -10.8. The van der Waals surface area contributed by atoms with E-state index in [0.717, 1.165) is 22.3 Å². The van der Waals surface area contributed by atoms with Crippen molar-refractivity contribution in [2.24, 2.45) is 0 Å². The second-order valence-corrected chi connectivity index (χ2v) is 23.1. The molecule has 0 atom stereocenters. The van der Waals surface area contributed by atoms with Crippen LogP contribution in [0.4, 0.5) is 26.3 Å². The van der Waals surface area contributed by atoms with Crippen molar-refractivity contribution in [3.63, 3.8) is 0 Å². The Kier molecular flexibility index (Phi) is 11.5. The number of hydrogen-bond donors (Lipinski definition) is 0. The number of fused-ring (bicyclic) bond motifs is 6. The van der Waals surface area contributed by atoms with Gasteiger partial charge in [0.15, 0.2) is 0 Å². The fourth-order valence-corrected chi connectivity index (χ4v) is 10.2. The number of nitrogens with zero attached hydrogens (tertiary/aromatic N) is 4. The summed E-state index contributed by atoms with van der Waals surface area (Å²) in [6.45, 7) is 24.2. The molecule has 0 bridgehead atoms. The molecule has 366 valence electrons. The lowest BCUT2D eigenvalue weighted by Gasteiger charge is -2.31. The summed E-state index contributed by atoms with van der Waals surface area (Å²) >= 11 is 0. The van der Waals surface area contributed by atoms with Gasteiger partial charge in [-0.3, -0.25) is 0 Å². The Morgan fingerprint density at radius 1 is 0.361 bits per heavy atom. The zero-order chi connectivity index (χ0) is 52.4. The lowest BCUT2D eigenvalue weighted by Crippen LogP contribution is -2.23. The van der Waals surface area contributed by atoms with Crippen molar-refractivity contribution >= 4 is 43.6 Å². The molecule has 9 aromatic rings. The van der Waals surface area contributed by atoms with Crippen molar-refractivity contribution in [1.29, 1.82) is 10.5 Å². The largest absolute Gasteiger partial charge is 0.420 e. The molecule has 0 saturated heterocycles. The summed E-state index contributed by atoms with van der Waals surface area (Å²) in [5.74, 6) is 0. The summed E-state index contributed by atoms with van der Waals surface area (Å²) in [4.78, 5) is 0. The molecule has 0 aliphatic rings. The topological polar surface area (TPSA) is 57.4 Å². The highest BCUT2D eigenvalue weighted by molar-refractivity contribution is 6.13. The Balaban J connectivity index is 1.69. The minimum Gasteiger partial charge on any atom is -0.308 e. The third kappa shape index (κ3) is 8.19. The van der Waals surface area contributed by atoms with E-state index in [0.29, 0.717) is 21.5 Å². The Morgan fingerprint density at radius 2 is 0.625 bits per heavy atom. The first-order valence-electron chi connectivity index (χ1n) is 24.0. The zero-order valence-electron chi connectivity index (χ0n) is 42.6.